The van der Waals surface area contributed by atoms with Crippen LogP contribution in [0.5, 0.6) is 5.75 Å². The molecule has 1 aliphatic heterocycles. The van der Waals surface area contributed by atoms with Crippen LogP contribution < -0.4 is 10.5 Å². The zero-order valence-corrected chi connectivity index (χ0v) is 11.6. The first-order valence-electron chi connectivity index (χ1n) is 7.24. The van der Waals surface area contributed by atoms with Gasteiger partial charge in [0.15, 0.2) is 0 Å². The monoisotopic (exact) mass is 272 g/mol. The quantitative estimate of drug-likeness (QED) is 0.835. The molecule has 1 saturated carbocycles. The molecule has 1 aromatic heterocycles. The van der Waals surface area contributed by atoms with Gasteiger partial charge < -0.3 is 15.2 Å². The second-order valence-corrected chi connectivity index (χ2v) is 5.53. The SMILES string of the molecule is NCC#Cc1cncc(OC2CCOC3(CCC3)C2)c1. The molecule has 0 bridgehead atoms. The molecule has 1 atom stereocenters. The molecular formula is C16H20N2O2. The lowest BCUT2D eigenvalue weighted by atomic mass is 9.74. The van der Waals surface area contributed by atoms with Crippen molar-refractivity contribution in [3.05, 3.63) is 24.0 Å². The van der Waals surface area contributed by atoms with Gasteiger partial charge in [0.2, 0.25) is 0 Å². The van der Waals surface area contributed by atoms with Crippen molar-refractivity contribution in [1.82, 2.24) is 4.98 Å². The van der Waals surface area contributed by atoms with E-state index >= 15 is 0 Å². The van der Waals surface area contributed by atoms with Crippen molar-refractivity contribution in [2.75, 3.05) is 13.2 Å². The van der Waals surface area contributed by atoms with E-state index in [-0.39, 0.29) is 11.7 Å². The predicted molar refractivity (Wildman–Crippen MR) is 76.4 cm³/mol. The average molecular weight is 272 g/mol. The number of nitrogens with two attached hydrogens (primary N) is 1. The van der Waals surface area contributed by atoms with Crippen molar-refractivity contribution in [1.29, 1.82) is 0 Å². The predicted octanol–water partition coefficient (Wildman–Crippen LogP) is 1.87. The smallest absolute Gasteiger partial charge is 0.139 e. The van der Waals surface area contributed by atoms with Crippen LogP contribution in [0.2, 0.25) is 0 Å². The molecule has 20 heavy (non-hydrogen) atoms. The van der Waals surface area contributed by atoms with Gasteiger partial charge in [0, 0.05) is 24.6 Å². The van der Waals surface area contributed by atoms with Crippen molar-refractivity contribution in [3.8, 4) is 17.6 Å². The Morgan fingerprint density at radius 3 is 3.10 bits per heavy atom. The average Bonchev–Trinajstić information content (AvgIpc) is 2.44. The van der Waals surface area contributed by atoms with Crippen LogP contribution in [-0.2, 0) is 4.74 Å². The van der Waals surface area contributed by atoms with Gasteiger partial charge in [-0.1, -0.05) is 11.8 Å². The van der Waals surface area contributed by atoms with E-state index in [2.05, 4.69) is 16.8 Å². The molecule has 1 aromatic rings. The molecule has 0 radical (unpaired) electrons. The summed E-state index contributed by atoms with van der Waals surface area (Å²) in [6.45, 7) is 1.15. The summed E-state index contributed by atoms with van der Waals surface area (Å²) in [5, 5.41) is 0. The first kappa shape index (κ1) is 13.4. The van der Waals surface area contributed by atoms with Gasteiger partial charge in [0.1, 0.15) is 11.9 Å². The largest absolute Gasteiger partial charge is 0.489 e. The van der Waals surface area contributed by atoms with Gasteiger partial charge in [-0.25, -0.2) is 0 Å². The minimum atomic E-state index is 0.104. The highest BCUT2D eigenvalue weighted by Crippen LogP contribution is 2.43. The molecule has 0 aromatic carbocycles. The Morgan fingerprint density at radius 2 is 2.35 bits per heavy atom. The van der Waals surface area contributed by atoms with Crippen LogP contribution >= 0.6 is 0 Å². The maximum Gasteiger partial charge on any atom is 0.139 e. The standard InChI is InChI=1S/C16H20N2O2/c17-7-1-3-13-9-15(12-18-11-13)20-14-4-8-19-16(10-14)5-2-6-16/h9,11-12,14H,2,4-8,10,17H2. The molecule has 2 fully saturated rings. The first-order chi connectivity index (χ1) is 9.80. The van der Waals surface area contributed by atoms with E-state index in [9.17, 15) is 0 Å². The summed E-state index contributed by atoms with van der Waals surface area (Å²) in [6.07, 6.45) is 9.26. The molecule has 4 nitrogen and oxygen atoms in total. The lowest BCUT2D eigenvalue weighted by Gasteiger charge is -2.46. The molecule has 3 rings (SSSR count). The summed E-state index contributed by atoms with van der Waals surface area (Å²) >= 11 is 0. The van der Waals surface area contributed by atoms with E-state index in [4.69, 9.17) is 15.2 Å². The highest BCUT2D eigenvalue weighted by molar-refractivity contribution is 5.37. The Morgan fingerprint density at radius 1 is 1.45 bits per heavy atom. The van der Waals surface area contributed by atoms with E-state index < -0.39 is 0 Å². The van der Waals surface area contributed by atoms with Crippen molar-refractivity contribution < 1.29 is 9.47 Å². The Kier molecular flexibility index (Phi) is 3.90. The van der Waals surface area contributed by atoms with Crippen LogP contribution in [0, 0.1) is 11.8 Å². The molecule has 1 unspecified atom stereocenters. The Balaban J connectivity index is 1.65. The van der Waals surface area contributed by atoms with Gasteiger partial charge in [0.25, 0.3) is 0 Å². The van der Waals surface area contributed by atoms with Gasteiger partial charge in [-0.2, -0.15) is 0 Å². The van der Waals surface area contributed by atoms with Gasteiger partial charge >= 0.3 is 0 Å². The lowest BCUT2D eigenvalue weighted by Crippen LogP contribution is -2.48. The number of hydrogen-bond acceptors (Lipinski definition) is 4. The molecule has 2 heterocycles. The fraction of sp³-hybridized carbons (Fsp3) is 0.562. The number of hydrogen-bond donors (Lipinski definition) is 1. The van der Waals surface area contributed by atoms with Crippen molar-refractivity contribution >= 4 is 0 Å². The zero-order chi connectivity index (χ0) is 13.8. The number of ether oxygens (including phenoxy) is 2. The molecule has 2 aliphatic rings. The Hall–Kier alpha value is -1.57. The lowest BCUT2D eigenvalue weighted by molar-refractivity contribution is -0.153. The highest BCUT2D eigenvalue weighted by Gasteiger charge is 2.43. The number of rotatable bonds is 2. The summed E-state index contributed by atoms with van der Waals surface area (Å²) < 4.78 is 12.0. The third-order valence-electron chi connectivity index (χ3n) is 4.06. The fourth-order valence-corrected chi connectivity index (χ4v) is 2.90. The molecule has 0 amide bonds. The molecule has 4 heteroatoms. The minimum Gasteiger partial charge on any atom is -0.489 e. The van der Waals surface area contributed by atoms with Crippen LogP contribution in [0.3, 0.4) is 0 Å². The van der Waals surface area contributed by atoms with Crippen molar-refractivity contribution in [2.24, 2.45) is 5.73 Å². The summed E-state index contributed by atoms with van der Waals surface area (Å²) in [5.41, 5.74) is 6.33. The third-order valence-corrected chi connectivity index (χ3v) is 4.06. The topological polar surface area (TPSA) is 57.4 Å². The van der Waals surface area contributed by atoms with Gasteiger partial charge in [-0.3, -0.25) is 4.98 Å². The second kappa shape index (κ2) is 5.82. The van der Waals surface area contributed by atoms with Crippen LogP contribution in [0.4, 0.5) is 0 Å². The minimum absolute atomic E-state index is 0.104. The van der Waals surface area contributed by atoms with E-state index in [1.165, 1.54) is 19.3 Å². The van der Waals surface area contributed by atoms with Crippen LogP contribution in [0.25, 0.3) is 0 Å². The van der Waals surface area contributed by atoms with Gasteiger partial charge in [0.05, 0.1) is 24.9 Å². The molecule has 1 spiro atoms. The van der Waals surface area contributed by atoms with E-state index in [1.54, 1.807) is 12.4 Å². The maximum atomic E-state index is 6.07. The molecule has 1 saturated heterocycles. The first-order valence-corrected chi connectivity index (χ1v) is 7.24. The maximum absolute atomic E-state index is 6.07. The van der Waals surface area contributed by atoms with Gasteiger partial charge in [-0.05, 0) is 25.3 Å². The van der Waals surface area contributed by atoms with E-state index in [0.29, 0.717) is 6.54 Å². The summed E-state index contributed by atoms with van der Waals surface area (Å²) in [5.74, 6) is 6.59. The second-order valence-electron chi connectivity index (χ2n) is 5.53. The zero-order valence-electron chi connectivity index (χ0n) is 11.6. The molecule has 1 aliphatic carbocycles. The highest BCUT2D eigenvalue weighted by atomic mass is 16.5. The molecular weight excluding hydrogens is 252 g/mol. The van der Waals surface area contributed by atoms with Crippen molar-refractivity contribution in [3.63, 3.8) is 0 Å². The number of aromatic nitrogens is 1. The Bertz CT molecular complexity index is 529. The summed E-state index contributed by atoms with van der Waals surface area (Å²) in [7, 11) is 0. The molecule has 106 valence electrons. The van der Waals surface area contributed by atoms with E-state index in [0.717, 1.165) is 30.8 Å². The normalized spacial score (nSPS) is 23.6. The fourth-order valence-electron chi connectivity index (χ4n) is 2.90. The summed E-state index contributed by atoms with van der Waals surface area (Å²) in [4.78, 5) is 4.17. The molecule has 2 N–H and O–H groups in total. The number of nitrogens with zero attached hydrogens (tertiary/aromatic N) is 1. The Labute approximate surface area is 119 Å². The van der Waals surface area contributed by atoms with Crippen LogP contribution in [0.1, 0.15) is 37.7 Å². The number of pyridine rings is 1. The van der Waals surface area contributed by atoms with Crippen LogP contribution in [-0.4, -0.2) is 29.8 Å². The van der Waals surface area contributed by atoms with E-state index in [1.807, 2.05) is 6.07 Å². The summed E-state index contributed by atoms with van der Waals surface area (Å²) in [6, 6.07) is 1.93. The van der Waals surface area contributed by atoms with Crippen molar-refractivity contribution in [2.45, 2.75) is 43.8 Å². The third kappa shape index (κ3) is 2.95. The van der Waals surface area contributed by atoms with Gasteiger partial charge in [-0.15, -0.1) is 0 Å². The van der Waals surface area contributed by atoms with Crippen LogP contribution in [0.15, 0.2) is 18.5 Å².